The van der Waals surface area contributed by atoms with E-state index in [2.05, 4.69) is 15.4 Å². The van der Waals surface area contributed by atoms with E-state index >= 15 is 0 Å². The molecule has 2 aromatic heterocycles. The number of hydrogen-bond acceptors (Lipinski definition) is 5. The molecule has 1 amide bonds. The van der Waals surface area contributed by atoms with Crippen LogP contribution >= 0.6 is 11.3 Å². The number of nitrogens with zero attached hydrogens (tertiary/aromatic N) is 3. The normalized spacial score (nSPS) is 12.1. The van der Waals surface area contributed by atoms with Crippen molar-refractivity contribution in [2.24, 2.45) is 0 Å². The van der Waals surface area contributed by atoms with Gasteiger partial charge in [-0.05, 0) is 42.6 Å². The zero-order chi connectivity index (χ0) is 17.1. The number of hydrogen-bond donors (Lipinski definition) is 2. The summed E-state index contributed by atoms with van der Waals surface area (Å²) < 4.78 is 14.7. The van der Waals surface area contributed by atoms with Crippen molar-refractivity contribution in [2.75, 3.05) is 6.54 Å². The van der Waals surface area contributed by atoms with Gasteiger partial charge in [0.25, 0.3) is 5.91 Å². The summed E-state index contributed by atoms with van der Waals surface area (Å²) in [7, 11) is 0. The van der Waals surface area contributed by atoms with Gasteiger partial charge in [-0.3, -0.25) is 4.79 Å². The summed E-state index contributed by atoms with van der Waals surface area (Å²) in [5, 5.41) is 18.0. The Kier molecular flexibility index (Phi) is 4.68. The Bertz CT molecular complexity index is 828. The van der Waals surface area contributed by atoms with E-state index in [0.29, 0.717) is 11.5 Å². The lowest BCUT2D eigenvalue weighted by molar-refractivity contribution is 0.0914. The quantitative estimate of drug-likeness (QED) is 0.742. The Morgan fingerprint density at radius 3 is 2.75 bits per heavy atom. The van der Waals surface area contributed by atoms with Gasteiger partial charge >= 0.3 is 0 Å². The number of amides is 1. The fourth-order valence-corrected chi connectivity index (χ4v) is 2.75. The summed E-state index contributed by atoms with van der Waals surface area (Å²) >= 11 is 1.46. The molecule has 8 heteroatoms. The van der Waals surface area contributed by atoms with Crippen molar-refractivity contribution in [3.05, 3.63) is 53.4 Å². The minimum absolute atomic E-state index is 0.0108. The Morgan fingerprint density at radius 2 is 2.12 bits per heavy atom. The average molecular weight is 346 g/mol. The Morgan fingerprint density at radius 1 is 1.38 bits per heavy atom. The first kappa shape index (κ1) is 16.3. The van der Waals surface area contributed by atoms with Crippen LogP contribution in [0.3, 0.4) is 0 Å². The number of thiophene rings is 1. The molecule has 0 aliphatic rings. The van der Waals surface area contributed by atoms with Crippen LogP contribution in [0.25, 0.3) is 16.4 Å². The van der Waals surface area contributed by atoms with Crippen LogP contribution in [0.5, 0.6) is 0 Å². The van der Waals surface area contributed by atoms with E-state index in [1.54, 1.807) is 19.1 Å². The average Bonchev–Trinajstić information content (AvgIpc) is 3.22. The number of nitrogens with one attached hydrogen (secondary N) is 1. The standard InChI is InChI=1S/C16H15FN4O2S/c1-10(22)9-18-16(23)14-19-15(13-3-2-8-24-13)21(20-14)12-6-4-11(17)5-7-12/h2-8,10,22H,9H2,1H3,(H,18,23). The number of aliphatic hydroxyl groups excluding tert-OH is 1. The molecule has 124 valence electrons. The van der Waals surface area contributed by atoms with Crippen LogP contribution in [0.4, 0.5) is 4.39 Å². The van der Waals surface area contributed by atoms with Gasteiger partial charge in [0.05, 0.1) is 16.7 Å². The molecule has 2 N–H and O–H groups in total. The van der Waals surface area contributed by atoms with Crippen LogP contribution in [0.15, 0.2) is 41.8 Å². The third-order valence-corrected chi connectivity index (χ3v) is 4.05. The van der Waals surface area contributed by atoms with Gasteiger partial charge in [0.15, 0.2) is 5.82 Å². The molecule has 24 heavy (non-hydrogen) atoms. The highest BCUT2D eigenvalue weighted by atomic mass is 32.1. The third kappa shape index (κ3) is 3.50. The maximum absolute atomic E-state index is 13.2. The molecule has 0 spiro atoms. The highest BCUT2D eigenvalue weighted by molar-refractivity contribution is 7.13. The highest BCUT2D eigenvalue weighted by Crippen LogP contribution is 2.25. The first-order valence-corrected chi connectivity index (χ1v) is 8.15. The molecule has 3 rings (SSSR count). The van der Waals surface area contributed by atoms with Crippen LogP contribution in [-0.4, -0.2) is 38.4 Å². The molecule has 0 saturated heterocycles. The number of carbonyl (C=O) groups excluding carboxylic acids is 1. The molecule has 1 atom stereocenters. The SMILES string of the molecule is CC(O)CNC(=O)c1nc(-c2cccs2)n(-c2ccc(F)cc2)n1. The van der Waals surface area contributed by atoms with Gasteiger partial charge in [0.2, 0.25) is 5.82 Å². The Hall–Kier alpha value is -2.58. The first-order valence-electron chi connectivity index (χ1n) is 7.28. The molecule has 6 nitrogen and oxygen atoms in total. The van der Waals surface area contributed by atoms with Crippen molar-refractivity contribution in [1.82, 2.24) is 20.1 Å². The van der Waals surface area contributed by atoms with Gasteiger partial charge in [-0.15, -0.1) is 16.4 Å². The molecule has 1 unspecified atom stereocenters. The fraction of sp³-hybridized carbons (Fsp3) is 0.188. The van der Waals surface area contributed by atoms with Crippen LogP contribution in [0.2, 0.25) is 0 Å². The van der Waals surface area contributed by atoms with Gasteiger partial charge in [-0.1, -0.05) is 6.07 Å². The molecule has 0 bridgehead atoms. The third-order valence-electron chi connectivity index (χ3n) is 3.18. The molecular weight excluding hydrogens is 331 g/mol. The second-order valence-corrected chi connectivity index (χ2v) is 6.13. The molecular formula is C16H15FN4O2S. The predicted molar refractivity (Wildman–Crippen MR) is 88.6 cm³/mol. The van der Waals surface area contributed by atoms with Crippen molar-refractivity contribution in [1.29, 1.82) is 0 Å². The van der Waals surface area contributed by atoms with Crippen molar-refractivity contribution >= 4 is 17.2 Å². The van der Waals surface area contributed by atoms with Crippen molar-refractivity contribution < 1.29 is 14.3 Å². The van der Waals surface area contributed by atoms with Crippen LogP contribution < -0.4 is 5.32 Å². The van der Waals surface area contributed by atoms with Gasteiger partial charge < -0.3 is 10.4 Å². The van der Waals surface area contributed by atoms with Gasteiger partial charge in [0, 0.05) is 6.54 Å². The van der Waals surface area contributed by atoms with E-state index < -0.39 is 12.0 Å². The zero-order valence-electron chi connectivity index (χ0n) is 12.8. The van der Waals surface area contributed by atoms with Crippen LogP contribution in [-0.2, 0) is 0 Å². The summed E-state index contributed by atoms with van der Waals surface area (Å²) in [4.78, 5) is 17.3. The van der Waals surface area contributed by atoms with Crippen LogP contribution in [0.1, 0.15) is 17.5 Å². The first-order chi connectivity index (χ1) is 11.5. The van der Waals surface area contributed by atoms with Crippen LogP contribution in [0, 0.1) is 5.82 Å². The number of carbonyl (C=O) groups is 1. The van der Waals surface area contributed by atoms with E-state index in [1.165, 1.54) is 28.2 Å². The molecule has 3 aromatic rings. The molecule has 0 aliphatic carbocycles. The summed E-state index contributed by atoms with van der Waals surface area (Å²) in [6.45, 7) is 1.68. The molecule has 0 aliphatic heterocycles. The minimum Gasteiger partial charge on any atom is -0.392 e. The maximum Gasteiger partial charge on any atom is 0.291 e. The zero-order valence-corrected chi connectivity index (χ0v) is 13.6. The lowest BCUT2D eigenvalue weighted by Crippen LogP contribution is -2.31. The summed E-state index contributed by atoms with van der Waals surface area (Å²) in [6.07, 6.45) is -0.662. The summed E-state index contributed by atoms with van der Waals surface area (Å²) in [5.74, 6) is -0.344. The number of aliphatic hydroxyl groups is 1. The van der Waals surface area contributed by atoms with Crippen molar-refractivity contribution in [2.45, 2.75) is 13.0 Å². The molecule has 0 radical (unpaired) electrons. The lowest BCUT2D eigenvalue weighted by atomic mass is 10.3. The highest BCUT2D eigenvalue weighted by Gasteiger charge is 2.19. The van der Waals surface area contributed by atoms with Gasteiger partial charge in [-0.2, -0.15) is 0 Å². The number of halogens is 1. The largest absolute Gasteiger partial charge is 0.392 e. The number of aromatic nitrogens is 3. The summed E-state index contributed by atoms with van der Waals surface area (Å²) in [6, 6.07) is 9.52. The maximum atomic E-state index is 13.2. The van der Waals surface area contributed by atoms with Crippen molar-refractivity contribution in [3.8, 4) is 16.4 Å². The predicted octanol–water partition coefficient (Wildman–Crippen LogP) is 2.25. The smallest absolute Gasteiger partial charge is 0.291 e. The van der Waals surface area contributed by atoms with E-state index in [0.717, 1.165) is 4.88 Å². The van der Waals surface area contributed by atoms with E-state index in [9.17, 15) is 14.3 Å². The lowest BCUT2D eigenvalue weighted by Gasteiger charge is -2.04. The Balaban J connectivity index is 2.00. The molecule has 1 aromatic carbocycles. The molecule has 2 heterocycles. The number of rotatable bonds is 5. The monoisotopic (exact) mass is 346 g/mol. The van der Waals surface area contributed by atoms with Gasteiger partial charge in [-0.25, -0.2) is 14.1 Å². The Labute approximate surface area is 141 Å². The minimum atomic E-state index is -0.662. The second kappa shape index (κ2) is 6.90. The van der Waals surface area contributed by atoms with E-state index in [-0.39, 0.29) is 18.2 Å². The molecule has 0 fully saturated rings. The van der Waals surface area contributed by atoms with E-state index in [4.69, 9.17) is 0 Å². The van der Waals surface area contributed by atoms with Crippen molar-refractivity contribution in [3.63, 3.8) is 0 Å². The van der Waals surface area contributed by atoms with E-state index in [1.807, 2.05) is 17.5 Å². The summed E-state index contributed by atoms with van der Waals surface area (Å²) in [5.41, 5.74) is 0.599. The number of benzene rings is 1. The second-order valence-electron chi connectivity index (χ2n) is 5.18. The molecule has 0 saturated carbocycles. The van der Waals surface area contributed by atoms with Gasteiger partial charge in [0.1, 0.15) is 5.82 Å². The fourth-order valence-electron chi connectivity index (χ4n) is 2.06. The topological polar surface area (TPSA) is 80.0 Å².